The van der Waals surface area contributed by atoms with Crippen molar-refractivity contribution >= 4 is 11.6 Å². The molecule has 21 heavy (non-hydrogen) atoms. The molecule has 1 unspecified atom stereocenters. The molecule has 1 atom stereocenters. The second kappa shape index (κ2) is 6.58. The number of hydrogen-bond donors (Lipinski definition) is 2. The summed E-state index contributed by atoms with van der Waals surface area (Å²) in [5.74, 6) is -0.101. The van der Waals surface area contributed by atoms with Gasteiger partial charge < -0.3 is 10.6 Å². The van der Waals surface area contributed by atoms with Crippen molar-refractivity contribution in [3.63, 3.8) is 0 Å². The van der Waals surface area contributed by atoms with Crippen LogP contribution in [0.4, 0.5) is 5.69 Å². The largest absolute Gasteiger partial charge is 0.379 e. The summed E-state index contributed by atoms with van der Waals surface area (Å²) >= 11 is 0. The average molecular weight is 279 g/mol. The van der Waals surface area contributed by atoms with Crippen molar-refractivity contribution in [3.8, 4) is 6.07 Å². The predicted molar refractivity (Wildman–Crippen MR) is 83.0 cm³/mol. The molecule has 0 heterocycles. The summed E-state index contributed by atoms with van der Waals surface area (Å²) in [5, 5.41) is 14.9. The number of hydrogen-bond acceptors (Lipinski definition) is 3. The lowest BCUT2D eigenvalue weighted by Gasteiger charge is -2.16. The zero-order valence-corrected chi connectivity index (χ0v) is 12.1. The first-order chi connectivity index (χ1) is 10.1. The van der Waals surface area contributed by atoms with E-state index in [2.05, 4.69) is 16.7 Å². The molecule has 2 rings (SSSR count). The maximum atomic E-state index is 11.5. The van der Waals surface area contributed by atoms with Gasteiger partial charge in [-0.05, 0) is 48.9 Å². The van der Waals surface area contributed by atoms with E-state index in [0.29, 0.717) is 11.1 Å². The molecule has 0 bridgehead atoms. The summed E-state index contributed by atoms with van der Waals surface area (Å²) < 4.78 is 0. The monoisotopic (exact) mass is 279 g/mol. The standard InChI is InChI=1S/C17H17N3O/c1-12(15-5-3-4-13(10-15)11-18)20-16-8-6-14(7-9-16)17(21)19-2/h3-10,12,20H,1-2H3,(H,19,21). The zero-order chi connectivity index (χ0) is 15.2. The van der Waals surface area contributed by atoms with E-state index in [1.165, 1.54) is 0 Å². The van der Waals surface area contributed by atoms with Crippen molar-refractivity contribution in [1.29, 1.82) is 5.26 Å². The third kappa shape index (κ3) is 3.61. The van der Waals surface area contributed by atoms with Crippen LogP contribution in [-0.4, -0.2) is 13.0 Å². The molecular formula is C17H17N3O. The zero-order valence-electron chi connectivity index (χ0n) is 12.1. The second-order valence-corrected chi connectivity index (χ2v) is 4.76. The maximum absolute atomic E-state index is 11.5. The van der Waals surface area contributed by atoms with Crippen molar-refractivity contribution < 1.29 is 4.79 Å². The van der Waals surface area contributed by atoms with Gasteiger partial charge in [0, 0.05) is 24.3 Å². The molecule has 0 saturated heterocycles. The van der Waals surface area contributed by atoms with Gasteiger partial charge in [-0.15, -0.1) is 0 Å². The van der Waals surface area contributed by atoms with E-state index in [-0.39, 0.29) is 11.9 Å². The first kappa shape index (κ1) is 14.6. The highest BCUT2D eigenvalue weighted by Crippen LogP contribution is 2.20. The number of carbonyl (C=O) groups is 1. The third-order valence-corrected chi connectivity index (χ3v) is 3.27. The maximum Gasteiger partial charge on any atom is 0.251 e. The van der Waals surface area contributed by atoms with Gasteiger partial charge in [-0.25, -0.2) is 0 Å². The molecule has 0 aromatic heterocycles. The predicted octanol–water partition coefficient (Wildman–Crippen LogP) is 3.09. The van der Waals surface area contributed by atoms with E-state index in [4.69, 9.17) is 5.26 Å². The molecule has 0 fully saturated rings. The van der Waals surface area contributed by atoms with E-state index in [9.17, 15) is 4.79 Å². The molecule has 0 saturated carbocycles. The number of amides is 1. The molecule has 2 aromatic carbocycles. The first-order valence-corrected chi connectivity index (χ1v) is 6.73. The van der Waals surface area contributed by atoms with Gasteiger partial charge in [0.1, 0.15) is 0 Å². The summed E-state index contributed by atoms with van der Waals surface area (Å²) in [4.78, 5) is 11.5. The van der Waals surface area contributed by atoms with E-state index in [1.807, 2.05) is 37.3 Å². The lowest BCUT2D eigenvalue weighted by atomic mass is 10.1. The summed E-state index contributed by atoms with van der Waals surface area (Å²) in [5.41, 5.74) is 3.25. The number of rotatable bonds is 4. The number of nitrogens with zero attached hydrogens (tertiary/aromatic N) is 1. The van der Waals surface area contributed by atoms with Crippen LogP contribution in [-0.2, 0) is 0 Å². The molecule has 0 spiro atoms. The summed E-state index contributed by atoms with van der Waals surface area (Å²) in [7, 11) is 1.61. The molecule has 0 aliphatic heterocycles. The highest BCUT2D eigenvalue weighted by Gasteiger charge is 2.07. The first-order valence-electron chi connectivity index (χ1n) is 6.73. The van der Waals surface area contributed by atoms with Crippen molar-refractivity contribution in [1.82, 2.24) is 5.32 Å². The second-order valence-electron chi connectivity index (χ2n) is 4.76. The molecule has 0 aliphatic carbocycles. The molecule has 0 aliphatic rings. The highest BCUT2D eigenvalue weighted by atomic mass is 16.1. The number of nitriles is 1. The van der Waals surface area contributed by atoms with Gasteiger partial charge in [0.25, 0.3) is 5.91 Å². The summed E-state index contributed by atoms with van der Waals surface area (Å²) in [6, 6.07) is 17.0. The Hall–Kier alpha value is -2.80. The van der Waals surface area contributed by atoms with Crippen LogP contribution in [0.3, 0.4) is 0 Å². The Morgan fingerprint density at radius 3 is 2.52 bits per heavy atom. The van der Waals surface area contributed by atoms with Crippen molar-refractivity contribution in [2.24, 2.45) is 0 Å². The van der Waals surface area contributed by atoms with Crippen LogP contribution < -0.4 is 10.6 Å². The molecule has 4 heteroatoms. The van der Waals surface area contributed by atoms with Gasteiger partial charge in [-0.3, -0.25) is 4.79 Å². The molecule has 2 N–H and O–H groups in total. The quantitative estimate of drug-likeness (QED) is 0.904. The molecular weight excluding hydrogens is 262 g/mol. The van der Waals surface area contributed by atoms with E-state index >= 15 is 0 Å². The number of benzene rings is 2. The number of anilines is 1. The Balaban J connectivity index is 2.10. The molecule has 0 radical (unpaired) electrons. The van der Waals surface area contributed by atoms with Crippen LogP contribution in [0, 0.1) is 11.3 Å². The summed E-state index contributed by atoms with van der Waals surface area (Å²) in [6.45, 7) is 2.03. The lowest BCUT2D eigenvalue weighted by Crippen LogP contribution is -2.17. The molecule has 1 amide bonds. The van der Waals surface area contributed by atoms with Crippen LogP contribution in [0.25, 0.3) is 0 Å². The Morgan fingerprint density at radius 2 is 1.90 bits per heavy atom. The fraction of sp³-hybridized carbons (Fsp3) is 0.176. The average Bonchev–Trinajstić information content (AvgIpc) is 2.54. The van der Waals surface area contributed by atoms with Gasteiger partial charge in [0.05, 0.1) is 11.6 Å². The van der Waals surface area contributed by atoms with Crippen molar-refractivity contribution in [2.45, 2.75) is 13.0 Å². The lowest BCUT2D eigenvalue weighted by molar-refractivity contribution is 0.0963. The van der Waals surface area contributed by atoms with Crippen LogP contribution in [0.1, 0.15) is 34.5 Å². The molecule has 106 valence electrons. The SMILES string of the molecule is CNC(=O)c1ccc(NC(C)c2cccc(C#N)c2)cc1. The highest BCUT2D eigenvalue weighted by molar-refractivity contribution is 5.94. The van der Waals surface area contributed by atoms with Gasteiger partial charge in [-0.1, -0.05) is 12.1 Å². The normalized spacial score (nSPS) is 11.3. The minimum absolute atomic E-state index is 0.0733. The Bertz CT molecular complexity index is 671. The Morgan fingerprint density at radius 1 is 1.19 bits per heavy atom. The Kier molecular flexibility index (Phi) is 4.57. The minimum atomic E-state index is -0.101. The smallest absolute Gasteiger partial charge is 0.251 e. The van der Waals surface area contributed by atoms with E-state index in [0.717, 1.165) is 11.3 Å². The van der Waals surface area contributed by atoms with Gasteiger partial charge in [0.2, 0.25) is 0 Å². The van der Waals surface area contributed by atoms with Crippen LogP contribution in [0.5, 0.6) is 0 Å². The summed E-state index contributed by atoms with van der Waals surface area (Å²) in [6.07, 6.45) is 0. The minimum Gasteiger partial charge on any atom is -0.379 e. The van der Waals surface area contributed by atoms with Crippen LogP contribution in [0.15, 0.2) is 48.5 Å². The third-order valence-electron chi connectivity index (χ3n) is 3.27. The molecule has 2 aromatic rings. The van der Waals surface area contributed by atoms with E-state index < -0.39 is 0 Å². The topological polar surface area (TPSA) is 64.9 Å². The van der Waals surface area contributed by atoms with Crippen molar-refractivity contribution in [3.05, 3.63) is 65.2 Å². The van der Waals surface area contributed by atoms with Crippen LogP contribution >= 0.6 is 0 Å². The van der Waals surface area contributed by atoms with Crippen LogP contribution in [0.2, 0.25) is 0 Å². The Labute approximate surface area is 124 Å². The van der Waals surface area contributed by atoms with Crippen molar-refractivity contribution in [2.75, 3.05) is 12.4 Å². The number of nitrogens with one attached hydrogen (secondary N) is 2. The fourth-order valence-corrected chi connectivity index (χ4v) is 2.07. The van der Waals surface area contributed by atoms with E-state index in [1.54, 1.807) is 25.2 Å². The fourth-order valence-electron chi connectivity index (χ4n) is 2.07. The van der Waals surface area contributed by atoms with Gasteiger partial charge >= 0.3 is 0 Å². The molecule has 4 nitrogen and oxygen atoms in total. The van der Waals surface area contributed by atoms with Gasteiger partial charge in [-0.2, -0.15) is 5.26 Å². The van der Waals surface area contributed by atoms with Gasteiger partial charge in [0.15, 0.2) is 0 Å². The number of carbonyl (C=O) groups excluding carboxylic acids is 1.